The number of hydrogen-bond donors (Lipinski definition) is 8. The quantitative estimate of drug-likeness (QED) is 0.0594. The molecule has 0 amide bonds. The first-order valence-corrected chi connectivity index (χ1v) is 17.1. The van der Waals surface area contributed by atoms with E-state index in [9.17, 15) is 50.4 Å². The molecule has 2 fully saturated rings. The van der Waals surface area contributed by atoms with Crippen LogP contribution in [-0.2, 0) is 18.9 Å². The van der Waals surface area contributed by atoms with Crippen molar-refractivity contribution in [1.29, 1.82) is 0 Å². The molecule has 0 spiro atoms. The van der Waals surface area contributed by atoms with Gasteiger partial charge in [0.15, 0.2) is 40.8 Å². The molecule has 9 N–H and O–H groups in total. The fraction of sp³-hybridized carbons (Fsp3) is 0.368. The smallest absolute Gasteiger partial charge is 0.508 e. The van der Waals surface area contributed by atoms with Gasteiger partial charge < -0.3 is 83.2 Å². The Morgan fingerprint density at radius 2 is 1.46 bits per heavy atom. The number of ether oxygens (including phenoxy) is 7. The maximum Gasteiger partial charge on any atom is 0.510 e. The Balaban J connectivity index is 1.19. The zero-order valence-electron chi connectivity index (χ0n) is 30.0. The van der Waals surface area contributed by atoms with Gasteiger partial charge in [0.25, 0.3) is 0 Å². The van der Waals surface area contributed by atoms with Gasteiger partial charge in [-0.3, -0.25) is 4.79 Å². The molecule has 2 saturated heterocycles. The average Bonchev–Trinajstić information content (AvgIpc) is 3.17. The Hall–Kier alpha value is -5.44. The van der Waals surface area contributed by atoms with Crippen LogP contribution in [0.3, 0.4) is 0 Å². The summed E-state index contributed by atoms with van der Waals surface area (Å²) >= 11 is 0. The number of fused-ring (bicyclic) bond motifs is 1. The van der Waals surface area contributed by atoms with Gasteiger partial charge in [0.05, 0.1) is 32.5 Å². The monoisotopic (exact) mass is 785 g/mol. The number of esters is 1. The van der Waals surface area contributed by atoms with Crippen LogP contribution in [0.4, 0.5) is 0 Å². The van der Waals surface area contributed by atoms with Crippen molar-refractivity contribution in [2.75, 3.05) is 20.8 Å². The molecule has 0 bridgehead atoms. The van der Waals surface area contributed by atoms with Gasteiger partial charge >= 0.3 is 5.97 Å². The summed E-state index contributed by atoms with van der Waals surface area (Å²) in [5.41, 5.74) is 0.247. The second kappa shape index (κ2) is 16.7. The molecule has 18 nitrogen and oxygen atoms in total. The summed E-state index contributed by atoms with van der Waals surface area (Å²) in [5, 5.41) is 84.8. The molecule has 4 aliphatic rings. The highest BCUT2D eigenvalue weighted by atomic mass is 16.7. The third-order valence-corrected chi connectivity index (χ3v) is 9.23. The van der Waals surface area contributed by atoms with Gasteiger partial charge in [0.1, 0.15) is 53.9 Å². The molecule has 0 saturated carbocycles. The van der Waals surface area contributed by atoms with Crippen LogP contribution in [0.15, 0.2) is 69.9 Å². The second-order valence-electron chi connectivity index (χ2n) is 13.0. The van der Waals surface area contributed by atoms with E-state index in [-0.39, 0.29) is 51.4 Å². The molecule has 56 heavy (non-hydrogen) atoms. The lowest BCUT2D eigenvalue weighted by Gasteiger charge is -2.42. The largest absolute Gasteiger partial charge is 0.510 e. The number of phenolic OH excluding ortho intramolecular Hbond substituents is 3. The Morgan fingerprint density at radius 1 is 0.804 bits per heavy atom. The molecule has 3 aliphatic heterocycles. The zero-order chi connectivity index (χ0) is 40.4. The van der Waals surface area contributed by atoms with Gasteiger partial charge in [0.2, 0.25) is 18.1 Å². The van der Waals surface area contributed by atoms with Gasteiger partial charge in [0, 0.05) is 17.7 Å². The van der Waals surface area contributed by atoms with Crippen LogP contribution < -0.4 is 19.6 Å². The number of aromatic hydroxyl groups is 3. The van der Waals surface area contributed by atoms with E-state index in [1.54, 1.807) is 12.1 Å². The third-order valence-electron chi connectivity index (χ3n) is 9.23. The van der Waals surface area contributed by atoms with E-state index >= 15 is 0 Å². The summed E-state index contributed by atoms with van der Waals surface area (Å²) in [6, 6.07) is 12.1. The minimum absolute atomic E-state index is 0.0181. The van der Waals surface area contributed by atoms with E-state index in [1.165, 1.54) is 63.6 Å². The Bertz CT molecular complexity index is 2040. The maximum atomic E-state index is 12.2. The average molecular weight is 786 g/mol. The van der Waals surface area contributed by atoms with Crippen molar-refractivity contribution >= 4 is 12.0 Å². The van der Waals surface area contributed by atoms with Crippen molar-refractivity contribution in [3.8, 4) is 57.1 Å². The van der Waals surface area contributed by atoms with E-state index in [0.29, 0.717) is 5.56 Å². The number of benzene rings is 3. The summed E-state index contributed by atoms with van der Waals surface area (Å²) in [4.78, 5) is 22.5. The first-order chi connectivity index (χ1) is 26.7. The molecular weight excluding hydrogens is 744 g/mol. The predicted octanol–water partition coefficient (Wildman–Crippen LogP) is 0.816. The van der Waals surface area contributed by atoms with E-state index in [4.69, 9.17) is 37.6 Å². The number of hydrogen-bond acceptors (Lipinski definition) is 17. The number of methoxy groups -OCH3 is 2. The third kappa shape index (κ3) is 8.37. The molecule has 0 radical (unpaired) electrons. The summed E-state index contributed by atoms with van der Waals surface area (Å²) in [5.74, 6) is -1.80. The lowest BCUT2D eigenvalue weighted by molar-refractivity contribution is -0.317. The van der Waals surface area contributed by atoms with E-state index in [0.717, 1.165) is 12.1 Å². The molecule has 0 aromatic heterocycles. The first-order valence-electron chi connectivity index (χ1n) is 17.1. The molecule has 6 rings (SSSR count). The van der Waals surface area contributed by atoms with Crippen LogP contribution in [0.1, 0.15) is 12.5 Å². The SMILES string of the molecule is COc1cc(-c2oc3cc(=O)cc(O)c-3cc2O[C@@H]2O[C@H](CO[C@@H]3O[C@@H](C)[C@H](OC(=[OH+])C=Cc4ccc(O)cc4)[C@@H](O)[C@H]3O)[C@@H](O)[C@H](O)[C@H]2O)cc(OC)c1O. The summed E-state index contributed by atoms with van der Waals surface area (Å²) in [7, 11) is 2.59. The van der Waals surface area contributed by atoms with Crippen molar-refractivity contribution in [1.82, 2.24) is 0 Å². The summed E-state index contributed by atoms with van der Waals surface area (Å²) in [6.07, 6.45) is -13.1. The molecule has 18 heteroatoms. The van der Waals surface area contributed by atoms with Crippen molar-refractivity contribution in [3.63, 3.8) is 0 Å². The highest BCUT2D eigenvalue weighted by Gasteiger charge is 2.50. The molecule has 10 atom stereocenters. The minimum atomic E-state index is -1.88. The molecule has 300 valence electrons. The maximum absolute atomic E-state index is 12.2. The standard InChI is InChI=1S/C38H40O18/c1-16-35(56-28(42)9-6-17-4-7-19(39)8-5-17)32(46)34(48)37(52-16)51-15-27-30(44)31(45)33(47)38(55-27)54-26-14-21-22(41)12-20(40)13-23(21)53-36(26)18-10-24(49-2)29(43)25(11-18)50-3/h4-14,16,27,30-35,37-39,41,43-48H,15H2,1-3H3/p+1/t16-,27+,30+,31-,32-,33+,34+,35-,37+,38+/m0/s1. The number of aliphatic hydroxyl groups is 5. The molecule has 0 unspecified atom stereocenters. The van der Waals surface area contributed by atoms with Crippen LogP contribution in [0, 0.1) is 0 Å². The van der Waals surface area contributed by atoms with Crippen molar-refractivity contribution in [2.24, 2.45) is 0 Å². The Morgan fingerprint density at radius 3 is 2.12 bits per heavy atom. The van der Waals surface area contributed by atoms with Crippen molar-refractivity contribution in [3.05, 3.63) is 76.5 Å². The van der Waals surface area contributed by atoms with Crippen molar-refractivity contribution in [2.45, 2.75) is 68.3 Å². The first kappa shape index (κ1) is 40.2. The van der Waals surface area contributed by atoms with E-state index in [2.05, 4.69) is 0 Å². The molecular formula is C38H41O18+. The molecule has 2 aromatic carbocycles. The van der Waals surface area contributed by atoms with Gasteiger partial charge in [-0.25, -0.2) is 0 Å². The fourth-order valence-electron chi connectivity index (χ4n) is 6.19. The minimum Gasteiger partial charge on any atom is -0.508 e. The topological polar surface area (TPSA) is 278 Å². The summed E-state index contributed by atoms with van der Waals surface area (Å²) < 4.78 is 45.2. The summed E-state index contributed by atoms with van der Waals surface area (Å²) in [6.45, 7) is 0.906. The lowest BCUT2D eigenvalue weighted by Crippen LogP contribution is -2.62. The highest BCUT2D eigenvalue weighted by Crippen LogP contribution is 2.46. The zero-order valence-corrected chi connectivity index (χ0v) is 30.0. The van der Waals surface area contributed by atoms with Gasteiger partial charge in [-0.2, -0.15) is 0 Å². The Kier molecular flexibility index (Phi) is 12.0. The molecule has 1 aliphatic carbocycles. The van der Waals surface area contributed by atoms with Crippen LogP contribution in [0.5, 0.6) is 34.5 Å². The van der Waals surface area contributed by atoms with Crippen molar-refractivity contribution < 1.29 is 83.2 Å². The molecule has 2 aromatic rings. The predicted molar refractivity (Wildman–Crippen MR) is 192 cm³/mol. The van der Waals surface area contributed by atoms with E-state index in [1.807, 2.05) is 0 Å². The number of carbonyl (C=O) groups excluding carboxylic acids is 1. The van der Waals surface area contributed by atoms with E-state index < -0.39 is 85.2 Å². The van der Waals surface area contributed by atoms with Gasteiger partial charge in [-0.1, -0.05) is 12.1 Å². The Labute approximate surface area is 317 Å². The molecule has 3 heterocycles. The van der Waals surface area contributed by atoms with Crippen LogP contribution in [-0.4, -0.2) is 134 Å². The van der Waals surface area contributed by atoms with Crippen LogP contribution in [0.25, 0.3) is 28.7 Å². The van der Waals surface area contributed by atoms with Crippen LogP contribution in [0.2, 0.25) is 0 Å². The second-order valence-corrected chi connectivity index (χ2v) is 13.0. The van der Waals surface area contributed by atoms with Gasteiger partial charge in [-0.05, 0) is 48.9 Å². The van der Waals surface area contributed by atoms with Crippen LogP contribution >= 0.6 is 0 Å². The highest BCUT2D eigenvalue weighted by molar-refractivity contribution is 5.88. The normalized spacial score (nSPS) is 27.9. The number of aliphatic hydroxyl groups excluding tert-OH is 5. The van der Waals surface area contributed by atoms with Gasteiger partial charge in [-0.15, -0.1) is 0 Å². The number of rotatable bonds is 11. The lowest BCUT2D eigenvalue weighted by atomic mass is 9.98. The fourth-order valence-corrected chi connectivity index (χ4v) is 6.19. The number of phenols is 3.